The van der Waals surface area contributed by atoms with Gasteiger partial charge >= 0.3 is 12.3 Å². The lowest BCUT2D eigenvalue weighted by molar-refractivity contribution is -0.310. The van der Waals surface area contributed by atoms with E-state index in [0.29, 0.717) is 0 Å². The molecule has 0 spiro atoms. The first-order chi connectivity index (χ1) is 14.4. The van der Waals surface area contributed by atoms with E-state index in [4.69, 9.17) is 21.1 Å². The van der Waals surface area contributed by atoms with E-state index in [1.807, 2.05) is 0 Å². The predicted molar refractivity (Wildman–Crippen MR) is 105 cm³/mol. The molecular weight excluding hydrogens is 479 g/mol. The van der Waals surface area contributed by atoms with Crippen molar-refractivity contribution in [2.75, 3.05) is 6.54 Å². The summed E-state index contributed by atoms with van der Waals surface area (Å²) < 4.78 is 74.0. The van der Waals surface area contributed by atoms with E-state index in [2.05, 4.69) is 0 Å². The van der Waals surface area contributed by atoms with Crippen molar-refractivity contribution in [3.05, 3.63) is 23.2 Å². The zero-order valence-corrected chi connectivity index (χ0v) is 19.2. The van der Waals surface area contributed by atoms with Gasteiger partial charge in [0.25, 0.3) is 0 Å². The summed E-state index contributed by atoms with van der Waals surface area (Å²) in [5.74, 6) is -1.95. The number of benzene rings is 1. The molecule has 1 saturated heterocycles. The highest BCUT2D eigenvalue weighted by molar-refractivity contribution is 7.92. The Morgan fingerprint density at radius 1 is 1.25 bits per heavy atom. The average molecular weight is 501 g/mol. The molecule has 0 unspecified atom stereocenters. The first-order valence-corrected chi connectivity index (χ1v) is 11.3. The molecule has 1 aromatic carbocycles. The van der Waals surface area contributed by atoms with Gasteiger partial charge in [0.15, 0.2) is 15.9 Å². The van der Waals surface area contributed by atoms with Gasteiger partial charge in [-0.05, 0) is 46.2 Å². The molecule has 0 aromatic heterocycles. The van der Waals surface area contributed by atoms with Crippen molar-refractivity contribution in [2.24, 2.45) is 0 Å². The number of aliphatic carboxylic acids is 1. The van der Waals surface area contributed by atoms with E-state index in [0.717, 1.165) is 30.0 Å². The van der Waals surface area contributed by atoms with Crippen LogP contribution in [0.2, 0.25) is 5.02 Å². The number of rotatable bonds is 5. The molecule has 0 radical (unpaired) electrons. The number of nitrogens with zero attached hydrogens (tertiary/aromatic N) is 1. The van der Waals surface area contributed by atoms with Crippen molar-refractivity contribution in [3.63, 3.8) is 0 Å². The molecule has 8 nitrogen and oxygen atoms in total. The Morgan fingerprint density at radius 2 is 1.84 bits per heavy atom. The predicted octanol–water partition coefficient (Wildman–Crippen LogP) is 2.57. The van der Waals surface area contributed by atoms with Crippen LogP contribution in [0, 0.1) is 0 Å². The number of carboxylic acid groups (broad SMARTS) is 1. The Labute approximate surface area is 188 Å². The number of ether oxygens (including phenoxy) is 2. The second kappa shape index (κ2) is 8.97. The summed E-state index contributed by atoms with van der Waals surface area (Å²) >= 11 is 6.00. The van der Waals surface area contributed by atoms with Gasteiger partial charge in [-0.3, -0.25) is 4.90 Å². The van der Waals surface area contributed by atoms with Crippen molar-refractivity contribution in [2.45, 2.75) is 68.2 Å². The van der Waals surface area contributed by atoms with E-state index in [-0.39, 0.29) is 5.75 Å². The molecule has 32 heavy (non-hydrogen) atoms. The van der Waals surface area contributed by atoms with E-state index >= 15 is 0 Å². The number of sulfone groups is 1. The van der Waals surface area contributed by atoms with Gasteiger partial charge < -0.3 is 19.4 Å². The zero-order valence-electron chi connectivity index (χ0n) is 17.6. The standard InChI is InChI=1S/C19H23ClF3NO7S/c1-10(19(21,22)23)30-11-5-6-15(13(20)7-11)32(28,29)12-8-14(16(25)26)24(9-12)17(27)31-18(2,3)4/h5-7,10,12,14H,8-9H2,1-4H3,(H,25,26)/p-1/t10-,12+,14-/m0/s1. The minimum absolute atomic E-state index is 0.298. The first-order valence-electron chi connectivity index (χ1n) is 9.41. The molecule has 1 aliphatic heterocycles. The largest absolute Gasteiger partial charge is 0.548 e. The molecule has 0 saturated carbocycles. The fourth-order valence-electron chi connectivity index (χ4n) is 3.00. The van der Waals surface area contributed by atoms with Crippen LogP contribution in [-0.4, -0.2) is 61.1 Å². The summed E-state index contributed by atoms with van der Waals surface area (Å²) in [6.07, 6.45) is -8.27. The summed E-state index contributed by atoms with van der Waals surface area (Å²) in [7, 11) is -4.27. The van der Waals surface area contributed by atoms with E-state index < -0.39 is 74.0 Å². The normalized spacial score (nSPS) is 20.7. The Balaban J connectivity index is 2.29. The molecule has 3 atom stereocenters. The van der Waals surface area contributed by atoms with Gasteiger partial charge in [0.1, 0.15) is 11.4 Å². The van der Waals surface area contributed by atoms with E-state index in [1.165, 1.54) is 0 Å². The van der Waals surface area contributed by atoms with Crippen LogP contribution >= 0.6 is 11.6 Å². The molecule has 0 aliphatic carbocycles. The summed E-state index contributed by atoms with van der Waals surface area (Å²) in [6.45, 7) is 4.97. The van der Waals surface area contributed by atoms with Crippen molar-refractivity contribution in [3.8, 4) is 5.75 Å². The minimum atomic E-state index is -4.63. The summed E-state index contributed by atoms with van der Waals surface area (Å²) in [4.78, 5) is 24.2. The molecular formula is C19H22ClF3NO7S-. The maximum absolute atomic E-state index is 13.1. The maximum Gasteiger partial charge on any atom is 0.425 e. The topological polar surface area (TPSA) is 113 Å². The molecule has 1 amide bonds. The number of alkyl halides is 3. The highest BCUT2D eigenvalue weighted by Crippen LogP contribution is 2.35. The van der Waals surface area contributed by atoms with Crippen LogP contribution in [0.5, 0.6) is 5.75 Å². The molecule has 1 heterocycles. The fraction of sp³-hybridized carbons (Fsp3) is 0.579. The summed E-state index contributed by atoms with van der Waals surface area (Å²) in [6, 6.07) is 1.37. The van der Waals surface area contributed by atoms with Crippen molar-refractivity contribution in [1.29, 1.82) is 0 Å². The van der Waals surface area contributed by atoms with Gasteiger partial charge in [0.05, 0.1) is 27.2 Å². The Hall–Kier alpha value is -2.21. The van der Waals surface area contributed by atoms with Crippen LogP contribution in [0.15, 0.2) is 23.1 Å². The number of carbonyl (C=O) groups is 2. The number of likely N-dealkylation sites (tertiary alicyclic amines) is 1. The fourth-order valence-corrected chi connectivity index (χ4v) is 5.24. The van der Waals surface area contributed by atoms with Crippen LogP contribution in [0.3, 0.4) is 0 Å². The maximum atomic E-state index is 13.1. The SMILES string of the molecule is C[C@H](Oc1ccc(S(=O)(=O)[C@@H]2C[C@@H](C(=O)[O-])N(C(=O)OC(C)(C)C)C2)c(Cl)c1)C(F)(F)F. The molecule has 13 heteroatoms. The lowest BCUT2D eigenvalue weighted by atomic mass is 10.2. The van der Waals surface area contributed by atoms with Crippen LogP contribution in [-0.2, 0) is 19.4 Å². The Kier molecular flexibility index (Phi) is 7.30. The van der Waals surface area contributed by atoms with Gasteiger partial charge in [-0.2, -0.15) is 13.2 Å². The monoisotopic (exact) mass is 500 g/mol. The highest BCUT2D eigenvalue weighted by atomic mass is 35.5. The quantitative estimate of drug-likeness (QED) is 0.610. The van der Waals surface area contributed by atoms with Crippen LogP contribution in [0.25, 0.3) is 0 Å². The van der Waals surface area contributed by atoms with Crippen molar-refractivity contribution in [1.82, 2.24) is 4.90 Å². The van der Waals surface area contributed by atoms with Crippen LogP contribution < -0.4 is 9.84 Å². The molecule has 1 fully saturated rings. The third-order valence-corrected chi connectivity index (χ3v) is 7.20. The minimum Gasteiger partial charge on any atom is -0.548 e. The third kappa shape index (κ3) is 5.97. The number of hydrogen-bond donors (Lipinski definition) is 0. The number of amides is 1. The second-order valence-corrected chi connectivity index (χ2v) is 10.9. The molecule has 180 valence electrons. The third-order valence-electron chi connectivity index (χ3n) is 4.59. The van der Waals surface area contributed by atoms with Crippen LogP contribution in [0.1, 0.15) is 34.1 Å². The molecule has 2 rings (SSSR count). The number of carboxylic acids is 1. The highest BCUT2D eigenvalue weighted by Gasteiger charge is 2.45. The zero-order chi connectivity index (χ0) is 24.6. The number of halogens is 4. The van der Waals surface area contributed by atoms with Crippen molar-refractivity contribution >= 4 is 33.5 Å². The smallest absolute Gasteiger partial charge is 0.425 e. The van der Waals surface area contributed by atoms with Gasteiger partial charge in [0.2, 0.25) is 0 Å². The van der Waals surface area contributed by atoms with Crippen LogP contribution in [0.4, 0.5) is 18.0 Å². The van der Waals surface area contributed by atoms with E-state index in [1.54, 1.807) is 20.8 Å². The summed E-state index contributed by atoms with van der Waals surface area (Å²) in [5.41, 5.74) is -0.947. The second-order valence-electron chi connectivity index (χ2n) is 8.26. The van der Waals surface area contributed by atoms with Gasteiger partial charge in [-0.15, -0.1) is 0 Å². The lowest BCUT2D eigenvalue weighted by Gasteiger charge is -2.28. The van der Waals surface area contributed by atoms with Gasteiger partial charge in [0, 0.05) is 12.6 Å². The summed E-state index contributed by atoms with van der Waals surface area (Å²) in [5, 5.41) is 9.74. The Bertz CT molecular complexity index is 992. The van der Waals surface area contributed by atoms with E-state index in [9.17, 15) is 36.3 Å². The average Bonchev–Trinajstić information content (AvgIpc) is 3.06. The molecule has 1 aliphatic rings. The molecule has 0 N–H and O–H groups in total. The lowest BCUT2D eigenvalue weighted by Crippen LogP contribution is -2.48. The Morgan fingerprint density at radius 3 is 2.31 bits per heavy atom. The van der Waals surface area contributed by atoms with Crippen molar-refractivity contribution < 1.29 is 45.8 Å². The van der Waals surface area contributed by atoms with Gasteiger partial charge in [-0.25, -0.2) is 13.2 Å². The van der Waals surface area contributed by atoms with Gasteiger partial charge in [-0.1, -0.05) is 11.6 Å². The number of carbonyl (C=O) groups excluding carboxylic acids is 2. The molecule has 0 bridgehead atoms. The first kappa shape index (κ1) is 26.0. The number of hydrogen-bond acceptors (Lipinski definition) is 7. The molecule has 1 aromatic rings.